The lowest BCUT2D eigenvalue weighted by Gasteiger charge is -2.10. The molecule has 1 aromatic carbocycles. The van der Waals surface area contributed by atoms with Crippen molar-refractivity contribution in [2.75, 3.05) is 0 Å². The van der Waals surface area contributed by atoms with Crippen LogP contribution in [-0.4, -0.2) is 10.1 Å². The number of nitrogens with zero attached hydrogens (tertiary/aromatic N) is 2. The summed E-state index contributed by atoms with van der Waals surface area (Å²) in [7, 11) is 0. The maximum Gasteiger partial charge on any atom is 0.246 e. The van der Waals surface area contributed by atoms with Crippen LogP contribution in [0.15, 0.2) is 22.7 Å². The predicted molar refractivity (Wildman–Crippen MR) is 60.7 cm³/mol. The number of rotatable bonds is 3. The molecule has 0 aliphatic rings. The molecule has 4 nitrogen and oxygen atoms in total. The van der Waals surface area contributed by atoms with Gasteiger partial charge in [-0.2, -0.15) is 4.98 Å². The zero-order valence-corrected chi connectivity index (χ0v) is 10.1. The van der Waals surface area contributed by atoms with Crippen LogP contribution in [0, 0.1) is 11.6 Å². The standard InChI is InChI=1S/C12H13F2N3O/c1-12(2,15)11-16-10(17-18-11)5-7-3-8(13)6-9(14)4-7/h3-4,6H,5,15H2,1-2H3. The lowest BCUT2D eigenvalue weighted by Crippen LogP contribution is -2.29. The Hall–Kier alpha value is -1.82. The maximum absolute atomic E-state index is 13.0. The normalized spacial score (nSPS) is 11.8. The quantitative estimate of drug-likeness (QED) is 0.910. The zero-order valence-electron chi connectivity index (χ0n) is 10.1. The van der Waals surface area contributed by atoms with E-state index in [9.17, 15) is 8.78 Å². The SMILES string of the molecule is CC(C)(N)c1nc(Cc2cc(F)cc(F)c2)no1. The van der Waals surface area contributed by atoms with E-state index in [0.29, 0.717) is 11.4 Å². The average Bonchev–Trinajstić information content (AvgIpc) is 2.63. The summed E-state index contributed by atoms with van der Waals surface area (Å²) in [5.74, 6) is -0.636. The van der Waals surface area contributed by atoms with Crippen molar-refractivity contribution < 1.29 is 13.3 Å². The lowest BCUT2D eigenvalue weighted by molar-refractivity contribution is 0.310. The molecule has 0 atom stereocenters. The molecule has 18 heavy (non-hydrogen) atoms. The van der Waals surface area contributed by atoms with Crippen LogP contribution in [0.3, 0.4) is 0 Å². The molecular weight excluding hydrogens is 240 g/mol. The first-order valence-corrected chi connectivity index (χ1v) is 5.41. The van der Waals surface area contributed by atoms with Crippen molar-refractivity contribution in [3.8, 4) is 0 Å². The summed E-state index contributed by atoms with van der Waals surface area (Å²) < 4.78 is 31.0. The van der Waals surface area contributed by atoms with E-state index in [4.69, 9.17) is 10.3 Å². The van der Waals surface area contributed by atoms with E-state index >= 15 is 0 Å². The molecule has 2 rings (SSSR count). The number of hydrogen-bond acceptors (Lipinski definition) is 4. The van der Waals surface area contributed by atoms with Crippen molar-refractivity contribution in [3.63, 3.8) is 0 Å². The van der Waals surface area contributed by atoms with Crippen LogP contribution in [0.25, 0.3) is 0 Å². The van der Waals surface area contributed by atoms with E-state index in [2.05, 4.69) is 10.1 Å². The van der Waals surface area contributed by atoms with E-state index < -0.39 is 17.2 Å². The van der Waals surface area contributed by atoms with Crippen LogP contribution in [0.5, 0.6) is 0 Å². The monoisotopic (exact) mass is 253 g/mol. The van der Waals surface area contributed by atoms with Gasteiger partial charge >= 0.3 is 0 Å². The van der Waals surface area contributed by atoms with Gasteiger partial charge in [-0.05, 0) is 31.5 Å². The second-order valence-electron chi connectivity index (χ2n) is 4.69. The van der Waals surface area contributed by atoms with E-state index in [-0.39, 0.29) is 12.3 Å². The second kappa shape index (κ2) is 4.45. The molecule has 96 valence electrons. The predicted octanol–water partition coefficient (Wildman–Crippen LogP) is 2.13. The molecule has 0 bridgehead atoms. The van der Waals surface area contributed by atoms with E-state index in [1.807, 2.05) is 0 Å². The molecule has 2 aromatic rings. The highest BCUT2D eigenvalue weighted by Crippen LogP contribution is 2.16. The Kier molecular flexibility index (Phi) is 3.13. The van der Waals surface area contributed by atoms with E-state index in [0.717, 1.165) is 6.07 Å². The third-order valence-corrected chi connectivity index (χ3v) is 2.30. The smallest absolute Gasteiger partial charge is 0.246 e. The van der Waals surface area contributed by atoms with Crippen LogP contribution < -0.4 is 5.73 Å². The number of hydrogen-bond donors (Lipinski definition) is 1. The van der Waals surface area contributed by atoms with Crippen LogP contribution >= 0.6 is 0 Å². The first-order valence-electron chi connectivity index (χ1n) is 5.41. The lowest BCUT2D eigenvalue weighted by atomic mass is 10.1. The van der Waals surface area contributed by atoms with E-state index in [1.165, 1.54) is 12.1 Å². The molecule has 0 aliphatic carbocycles. The average molecular weight is 253 g/mol. The minimum absolute atomic E-state index is 0.189. The molecule has 1 heterocycles. The molecule has 2 N–H and O–H groups in total. The number of nitrogens with two attached hydrogens (primary N) is 1. The van der Waals surface area contributed by atoms with Gasteiger partial charge in [0, 0.05) is 12.5 Å². The van der Waals surface area contributed by atoms with Gasteiger partial charge < -0.3 is 10.3 Å². The molecule has 0 unspecified atom stereocenters. The van der Waals surface area contributed by atoms with Gasteiger partial charge in [-0.15, -0.1) is 0 Å². The fourth-order valence-corrected chi connectivity index (χ4v) is 1.48. The second-order valence-corrected chi connectivity index (χ2v) is 4.69. The number of halogens is 2. The molecule has 0 fully saturated rings. The van der Waals surface area contributed by atoms with Crippen molar-refractivity contribution in [1.82, 2.24) is 10.1 Å². The summed E-state index contributed by atoms with van der Waals surface area (Å²) in [5, 5.41) is 3.73. The van der Waals surface area contributed by atoms with Crippen molar-refractivity contribution in [2.24, 2.45) is 5.73 Å². The molecule has 0 amide bonds. The molecule has 0 radical (unpaired) electrons. The Bertz CT molecular complexity index is 540. The van der Waals surface area contributed by atoms with Crippen molar-refractivity contribution in [1.29, 1.82) is 0 Å². The van der Waals surface area contributed by atoms with E-state index in [1.54, 1.807) is 13.8 Å². The molecule has 0 aliphatic heterocycles. The summed E-state index contributed by atoms with van der Waals surface area (Å²) in [6.07, 6.45) is 0.189. The third kappa shape index (κ3) is 2.89. The van der Waals surface area contributed by atoms with Crippen LogP contribution in [0.1, 0.15) is 31.1 Å². The summed E-state index contributed by atoms with van der Waals surface area (Å²) in [4.78, 5) is 4.09. The summed E-state index contributed by atoms with van der Waals surface area (Å²) in [6.45, 7) is 3.46. The Morgan fingerprint density at radius 3 is 2.33 bits per heavy atom. The Labute approximate surface area is 103 Å². The molecule has 0 saturated heterocycles. The summed E-state index contributed by atoms with van der Waals surface area (Å²) >= 11 is 0. The van der Waals surface area contributed by atoms with Crippen molar-refractivity contribution >= 4 is 0 Å². The Morgan fingerprint density at radius 1 is 1.22 bits per heavy atom. The topological polar surface area (TPSA) is 64.9 Å². The molecule has 0 spiro atoms. The number of aromatic nitrogens is 2. The van der Waals surface area contributed by atoms with Crippen LogP contribution in [0.2, 0.25) is 0 Å². The largest absolute Gasteiger partial charge is 0.337 e. The maximum atomic E-state index is 13.0. The van der Waals surface area contributed by atoms with Crippen molar-refractivity contribution in [3.05, 3.63) is 47.1 Å². The minimum Gasteiger partial charge on any atom is -0.337 e. The number of benzene rings is 1. The van der Waals surface area contributed by atoms with Crippen molar-refractivity contribution in [2.45, 2.75) is 25.8 Å². The molecule has 1 aromatic heterocycles. The van der Waals surface area contributed by atoms with Gasteiger partial charge in [-0.25, -0.2) is 8.78 Å². The first kappa shape index (κ1) is 12.6. The van der Waals surface area contributed by atoms with Gasteiger partial charge in [0.1, 0.15) is 11.6 Å². The molecule has 6 heteroatoms. The van der Waals surface area contributed by atoms with Crippen LogP contribution in [0.4, 0.5) is 8.78 Å². The first-order chi connectivity index (χ1) is 8.34. The fourth-order valence-electron chi connectivity index (χ4n) is 1.48. The Balaban J connectivity index is 2.21. The highest BCUT2D eigenvalue weighted by Gasteiger charge is 2.22. The molecular formula is C12H13F2N3O. The third-order valence-electron chi connectivity index (χ3n) is 2.30. The highest BCUT2D eigenvalue weighted by molar-refractivity contribution is 5.21. The van der Waals surface area contributed by atoms with Gasteiger partial charge in [0.15, 0.2) is 5.82 Å². The highest BCUT2D eigenvalue weighted by atomic mass is 19.1. The summed E-state index contributed by atoms with van der Waals surface area (Å²) in [6, 6.07) is 3.27. The van der Waals surface area contributed by atoms with Crippen LogP contribution in [-0.2, 0) is 12.0 Å². The zero-order chi connectivity index (χ0) is 13.3. The minimum atomic E-state index is -0.738. The van der Waals surface area contributed by atoms with Gasteiger partial charge in [0.25, 0.3) is 0 Å². The molecule has 0 saturated carbocycles. The van der Waals surface area contributed by atoms with Gasteiger partial charge in [-0.1, -0.05) is 5.16 Å². The van der Waals surface area contributed by atoms with Gasteiger partial charge in [0.2, 0.25) is 5.89 Å². The fraction of sp³-hybridized carbons (Fsp3) is 0.333. The summed E-state index contributed by atoms with van der Waals surface area (Å²) in [5.41, 5.74) is 5.50. The Morgan fingerprint density at radius 2 is 1.83 bits per heavy atom. The van der Waals surface area contributed by atoms with Gasteiger partial charge in [0.05, 0.1) is 5.54 Å². The van der Waals surface area contributed by atoms with Gasteiger partial charge in [-0.3, -0.25) is 0 Å².